The Bertz CT molecular complexity index is 628. The smallest absolute Gasteiger partial charge is 0.260 e. The van der Waals surface area contributed by atoms with Crippen LogP contribution >= 0.6 is 0 Å². The van der Waals surface area contributed by atoms with Gasteiger partial charge < -0.3 is 10.2 Å². The van der Waals surface area contributed by atoms with Crippen molar-refractivity contribution in [2.75, 3.05) is 23.8 Å². The molecule has 0 heterocycles. The number of nitrogens with zero attached hydrogens (tertiary/aromatic N) is 1. The minimum absolute atomic E-state index is 0.237. The molecule has 0 bridgehead atoms. The fraction of sp³-hybridized carbons (Fsp3) is 0.235. The molecule has 0 radical (unpaired) electrons. The van der Waals surface area contributed by atoms with Gasteiger partial charge in [0.2, 0.25) is 0 Å². The van der Waals surface area contributed by atoms with Gasteiger partial charge in [-0.3, -0.25) is 4.79 Å². The minimum Gasteiger partial charge on any atom is -0.384 e. The van der Waals surface area contributed by atoms with E-state index in [0.29, 0.717) is 5.56 Å². The Labute approximate surface area is 124 Å². The molecular formula is C17H19FN2O. The molecule has 0 aliphatic heterocycles. The first kappa shape index (κ1) is 15.0. The summed E-state index contributed by atoms with van der Waals surface area (Å²) in [6, 6.07) is 13.5. The lowest BCUT2D eigenvalue weighted by molar-refractivity contribution is 0.0993. The Morgan fingerprint density at radius 2 is 1.81 bits per heavy atom. The number of para-hydroxylation sites is 2. The third kappa shape index (κ3) is 3.40. The molecule has 2 aromatic carbocycles. The van der Waals surface area contributed by atoms with Gasteiger partial charge >= 0.3 is 0 Å². The zero-order chi connectivity index (χ0) is 15.2. The van der Waals surface area contributed by atoms with Gasteiger partial charge in [0.1, 0.15) is 5.82 Å². The van der Waals surface area contributed by atoms with Crippen molar-refractivity contribution in [3.8, 4) is 0 Å². The van der Waals surface area contributed by atoms with Crippen molar-refractivity contribution in [1.82, 2.24) is 0 Å². The van der Waals surface area contributed by atoms with E-state index in [-0.39, 0.29) is 11.6 Å². The highest BCUT2D eigenvalue weighted by Crippen LogP contribution is 2.22. The first-order valence-electron chi connectivity index (χ1n) is 7.00. The van der Waals surface area contributed by atoms with Crippen molar-refractivity contribution in [3.63, 3.8) is 0 Å². The fourth-order valence-corrected chi connectivity index (χ4v) is 2.10. The van der Waals surface area contributed by atoms with Gasteiger partial charge in [-0.1, -0.05) is 31.2 Å². The monoisotopic (exact) mass is 286 g/mol. The molecule has 2 aromatic rings. The van der Waals surface area contributed by atoms with E-state index >= 15 is 0 Å². The van der Waals surface area contributed by atoms with Gasteiger partial charge in [0.05, 0.1) is 11.3 Å². The van der Waals surface area contributed by atoms with Crippen molar-refractivity contribution in [1.29, 1.82) is 0 Å². The number of hydrogen-bond donors (Lipinski definition) is 1. The lowest BCUT2D eigenvalue weighted by atomic mass is 10.1. The zero-order valence-corrected chi connectivity index (χ0v) is 12.3. The largest absolute Gasteiger partial charge is 0.384 e. The normalized spacial score (nSPS) is 10.2. The van der Waals surface area contributed by atoms with Crippen LogP contribution in [0.1, 0.15) is 23.7 Å². The first-order valence-corrected chi connectivity index (χ1v) is 7.00. The molecule has 0 spiro atoms. The highest BCUT2D eigenvalue weighted by Gasteiger charge is 2.18. The van der Waals surface area contributed by atoms with Crippen LogP contribution < -0.4 is 10.2 Å². The van der Waals surface area contributed by atoms with E-state index in [0.717, 1.165) is 18.7 Å². The molecule has 1 amide bonds. The second kappa shape index (κ2) is 6.88. The van der Waals surface area contributed by atoms with E-state index in [2.05, 4.69) is 12.2 Å². The maximum absolute atomic E-state index is 13.8. The number of rotatable bonds is 5. The van der Waals surface area contributed by atoms with E-state index in [9.17, 15) is 9.18 Å². The van der Waals surface area contributed by atoms with Gasteiger partial charge in [-0.2, -0.15) is 0 Å². The SMILES string of the molecule is CCCNc1ccccc1C(=O)N(C)c1ccccc1F. The maximum Gasteiger partial charge on any atom is 0.260 e. The van der Waals surface area contributed by atoms with E-state index in [1.165, 1.54) is 11.0 Å². The molecule has 4 heteroatoms. The quantitative estimate of drug-likeness (QED) is 0.903. The Balaban J connectivity index is 2.30. The third-order valence-corrected chi connectivity index (χ3v) is 3.24. The van der Waals surface area contributed by atoms with Gasteiger partial charge in [-0.25, -0.2) is 4.39 Å². The number of halogens is 1. The van der Waals surface area contributed by atoms with Gasteiger partial charge in [-0.05, 0) is 30.7 Å². The van der Waals surface area contributed by atoms with E-state index in [1.807, 2.05) is 12.1 Å². The van der Waals surface area contributed by atoms with Crippen LogP contribution in [0.25, 0.3) is 0 Å². The summed E-state index contributed by atoms with van der Waals surface area (Å²) in [5.74, 6) is -0.647. The summed E-state index contributed by atoms with van der Waals surface area (Å²) in [5.41, 5.74) is 1.58. The molecule has 0 saturated carbocycles. The summed E-state index contributed by atoms with van der Waals surface area (Å²) in [6.07, 6.45) is 0.964. The first-order chi connectivity index (χ1) is 10.1. The predicted molar refractivity (Wildman–Crippen MR) is 84.4 cm³/mol. The summed E-state index contributed by atoms with van der Waals surface area (Å²) in [4.78, 5) is 13.9. The molecule has 0 atom stereocenters. The second-order valence-corrected chi connectivity index (χ2v) is 4.79. The predicted octanol–water partition coefficient (Wildman–Crippen LogP) is 3.92. The number of carbonyl (C=O) groups is 1. The number of carbonyl (C=O) groups excluding carboxylic acids is 1. The van der Waals surface area contributed by atoms with Crippen molar-refractivity contribution >= 4 is 17.3 Å². The van der Waals surface area contributed by atoms with Crippen LogP contribution in [-0.2, 0) is 0 Å². The van der Waals surface area contributed by atoms with Crippen LogP contribution in [0.15, 0.2) is 48.5 Å². The Morgan fingerprint density at radius 3 is 2.52 bits per heavy atom. The van der Waals surface area contributed by atoms with Gasteiger partial charge in [0.25, 0.3) is 5.91 Å². The van der Waals surface area contributed by atoms with E-state index in [4.69, 9.17) is 0 Å². The van der Waals surface area contributed by atoms with Crippen LogP contribution in [0.4, 0.5) is 15.8 Å². The highest BCUT2D eigenvalue weighted by atomic mass is 19.1. The molecule has 1 N–H and O–H groups in total. The van der Waals surface area contributed by atoms with E-state index in [1.54, 1.807) is 37.4 Å². The van der Waals surface area contributed by atoms with Gasteiger partial charge in [0.15, 0.2) is 0 Å². The molecule has 0 unspecified atom stereocenters. The molecule has 0 aromatic heterocycles. The molecule has 0 saturated heterocycles. The topological polar surface area (TPSA) is 32.3 Å². The van der Waals surface area contributed by atoms with Crippen LogP contribution in [0.2, 0.25) is 0 Å². The molecule has 0 aliphatic carbocycles. The second-order valence-electron chi connectivity index (χ2n) is 4.79. The Kier molecular flexibility index (Phi) is 4.93. The van der Waals surface area contributed by atoms with Crippen molar-refractivity contribution in [2.24, 2.45) is 0 Å². The molecule has 0 aliphatic rings. The summed E-state index contributed by atoms with van der Waals surface area (Å²) in [6.45, 7) is 2.84. The lowest BCUT2D eigenvalue weighted by Crippen LogP contribution is -2.28. The third-order valence-electron chi connectivity index (χ3n) is 3.24. The standard InChI is InChI=1S/C17H19FN2O/c1-3-12-19-15-10-6-4-8-13(15)17(21)20(2)16-11-7-5-9-14(16)18/h4-11,19H,3,12H2,1-2H3. The van der Waals surface area contributed by atoms with Gasteiger partial charge in [-0.15, -0.1) is 0 Å². The number of benzene rings is 2. The van der Waals surface area contributed by atoms with Crippen LogP contribution in [0.5, 0.6) is 0 Å². The maximum atomic E-state index is 13.8. The molecule has 2 rings (SSSR count). The fourth-order valence-electron chi connectivity index (χ4n) is 2.10. The highest BCUT2D eigenvalue weighted by molar-refractivity contribution is 6.09. The zero-order valence-electron chi connectivity index (χ0n) is 12.3. The van der Waals surface area contributed by atoms with E-state index < -0.39 is 5.82 Å². The summed E-state index contributed by atoms with van der Waals surface area (Å²) >= 11 is 0. The minimum atomic E-state index is -0.410. The lowest BCUT2D eigenvalue weighted by Gasteiger charge is -2.20. The number of amides is 1. The average Bonchev–Trinajstić information content (AvgIpc) is 2.52. The molecule has 3 nitrogen and oxygen atoms in total. The van der Waals surface area contributed by atoms with Crippen molar-refractivity contribution in [3.05, 3.63) is 59.9 Å². The molecule has 0 fully saturated rings. The Morgan fingerprint density at radius 1 is 1.14 bits per heavy atom. The number of nitrogens with one attached hydrogen (secondary N) is 1. The van der Waals surface area contributed by atoms with Crippen LogP contribution in [-0.4, -0.2) is 19.5 Å². The summed E-state index contributed by atoms with van der Waals surface area (Å²) < 4.78 is 13.8. The van der Waals surface area contributed by atoms with Crippen molar-refractivity contribution < 1.29 is 9.18 Å². The van der Waals surface area contributed by atoms with Crippen LogP contribution in [0.3, 0.4) is 0 Å². The molecule has 21 heavy (non-hydrogen) atoms. The summed E-state index contributed by atoms with van der Waals surface area (Å²) in [5, 5.41) is 3.22. The Hall–Kier alpha value is -2.36. The van der Waals surface area contributed by atoms with Crippen molar-refractivity contribution in [2.45, 2.75) is 13.3 Å². The average molecular weight is 286 g/mol. The number of anilines is 2. The van der Waals surface area contributed by atoms with Gasteiger partial charge in [0, 0.05) is 19.3 Å². The summed E-state index contributed by atoms with van der Waals surface area (Å²) in [7, 11) is 1.58. The van der Waals surface area contributed by atoms with Crippen LogP contribution in [0, 0.1) is 5.82 Å². The molecule has 110 valence electrons. The number of hydrogen-bond acceptors (Lipinski definition) is 2. The molecular weight excluding hydrogens is 267 g/mol.